The average Bonchev–Trinajstić information content (AvgIpc) is 0.722. The van der Waals surface area contributed by atoms with Gasteiger partial charge in [-0.15, -0.1) is 0 Å². The van der Waals surface area contributed by atoms with E-state index in [1.165, 1.54) is 0 Å². The van der Waals surface area contributed by atoms with Gasteiger partial charge in [0.1, 0.15) is 0 Å². The Kier molecular flexibility index (Phi) is 74.6. The van der Waals surface area contributed by atoms with Crippen LogP contribution in [0.15, 0.2) is 0 Å². The van der Waals surface area contributed by atoms with E-state index in [0.29, 0.717) is 0 Å². The fourth-order valence-corrected chi connectivity index (χ4v) is 0. The van der Waals surface area contributed by atoms with E-state index in [-0.39, 0.29) is 51.1 Å². The second kappa shape index (κ2) is 16.4. The van der Waals surface area contributed by atoms with Crippen molar-refractivity contribution < 1.29 is 68.6 Å². The molecular formula is H8O8PuS-2. The van der Waals surface area contributed by atoms with Gasteiger partial charge in [-0.2, -0.15) is 0 Å². The molecule has 0 radical (unpaired) electrons. The van der Waals surface area contributed by atoms with Crippen LogP contribution in [-0.4, -0.2) is 39.4 Å². The third-order valence-electron chi connectivity index (χ3n) is 0. The van der Waals surface area contributed by atoms with Gasteiger partial charge in [0.05, 0.1) is 0 Å². The molecule has 0 aromatic carbocycles. The fourth-order valence-electron chi connectivity index (χ4n) is 0. The Balaban J connectivity index is -0.00000000800. The van der Waals surface area contributed by atoms with Gasteiger partial charge in [-0.25, -0.2) is 0 Å². The van der Waals surface area contributed by atoms with Gasteiger partial charge in [-0.3, -0.25) is 8.42 Å². The van der Waals surface area contributed by atoms with Crippen LogP contribution in [0.5, 0.6) is 0 Å². The Morgan fingerprint density at radius 3 is 0.800 bits per heavy atom. The molecule has 8 nitrogen and oxygen atoms in total. The molecule has 0 aromatic heterocycles. The quantitative estimate of drug-likeness (QED) is 0.284. The Morgan fingerprint density at radius 1 is 0.800 bits per heavy atom. The van der Waals surface area contributed by atoms with Crippen molar-refractivity contribution in [1.29, 1.82) is 0 Å². The van der Waals surface area contributed by atoms with Gasteiger partial charge in [0, 0.05) is 39.6 Å². The van der Waals surface area contributed by atoms with Crippen molar-refractivity contribution in [3.05, 3.63) is 0 Å². The molecule has 0 rings (SSSR count). The molecule has 0 aliphatic heterocycles. The molecule has 0 fully saturated rings. The minimum Gasteiger partial charge on any atom is -0.759 e. The summed E-state index contributed by atoms with van der Waals surface area (Å²) < 4.78 is 34.1. The van der Waals surface area contributed by atoms with Gasteiger partial charge in [0.25, 0.3) is 0 Å². The summed E-state index contributed by atoms with van der Waals surface area (Å²) in [7, 11) is -5.17. The molecule has 70 valence electrons. The van der Waals surface area contributed by atoms with E-state index in [1.54, 1.807) is 0 Å². The van der Waals surface area contributed by atoms with E-state index in [2.05, 4.69) is 0 Å². The first kappa shape index (κ1) is 45.6. The van der Waals surface area contributed by atoms with Gasteiger partial charge in [0.2, 0.25) is 0 Å². The topological polar surface area (TPSA) is 206 Å². The van der Waals surface area contributed by atoms with Crippen LogP contribution in [0.3, 0.4) is 0 Å². The van der Waals surface area contributed by atoms with Gasteiger partial charge >= 0.3 is 0 Å². The molecule has 10 heavy (non-hydrogen) atoms. The van der Waals surface area contributed by atoms with Gasteiger partial charge in [-0.05, 0) is 0 Å². The summed E-state index contributed by atoms with van der Waals surface area (Å²) in [5, 5.41) is 0. The summed E-state index contributed by atoms with van der Waals surface area (Å²) in [6, 6.07) is 0. The maximum atomic E-state index is 8.52. The molecule has 0 heterocycles. The summed E-state index contributed by atoms with van der Waals surface area (Å²) in [4.78, 5) is 0. The van der Waals surface area contributed by atoms with Crippen molar-refractivity contribution in [2.24, 2.45) is 0 Å². The third-order valence-corrected chi connectivity index (χ3v) is 0. The first-order valence-corrected chi connectivity index (χ1v) is 2.00. The molecule has 10 heteroatoms. The zero-order chi connectivity index (χ0) is 4.50. The van der Waals surface area contributed by atoms with Gasteiger partial charge < -0.3 is 31.0 Å². The Morgan fingerprint density at radius 2 is 0.800 bits per heavy atom. The van der Waals surface area contributed by atoms with Crippen LogP contribution in [0.25, 0.3) is 0 Å². The van der Waals surface area contributed by atoms with Crippen molar-refractivity contribution >= 4 is 10.4 Å². The summed E-state index contributed by atoms with van der Waals surface area (Å²) in [6.45, 7) is 0. The van der Waals surface area contributed by atoms with E-state index < -0.39 is 10.4 Å². The van der Waals surface area contributed by atoms with Crippen molar-refractivity contribution in [3.8, 4) is 0 Å². The zero-order valence-electron chi connectivity index (χ0n) is 4.45. The van der Waals surface area contributed by atoms with Crippen molar-refractivity contribution in [2.75, 3.05) is 0 Å². The zero-order valence-corrected chi connectivity index (χ0v) is 8.67. The molecule has 0 saturated carbocycles. The molecule has 0 saturated heterocycles. The second-order valence-corrected chi connectivity index (χ2v) is 1.22. The van der Waals surface area contributed by atoms with E-state index in [1.807, 2.05) is 0 Å². The second-order valence-electron chi connectivity index (χ2n) is 0.408. The first-order chi connectivity index (χ1) is 2.00. The van der Waals surface area contributed by atoms with Crippen molar-refractivity contribution in [1.82, 2.24) is 0 Å². The minimum atomic E-state index is -5.17. The summed E-state index contributed by atoms with van der Waals surface area (Å²) in [5.74, 6) is 0. The number of hydrogen-bond donors (Lipinski definition) is 0. The summed E-state index contributed by atoms with van der Waals surface area (Å²) >= 11 is 0. The van der Waals surface area contributed by atoms with Gasteiger partial charge in [-0.1, -0.05) is 0 Å². The molecule has 0 atom stereocenters. The third kappa shape index (κ3) is 1060. The van der Waals surface area contributed by atoms with Crippen molar-refractivity contribution in [3.63, 3.8) is 0 Å². The Labute approximate surface area is 79.0 Å². The SMILES string of the molecule is O.O.O.O.O=S(=O)([O-])[O-].[Pu]. The maximum absolute atomic E-state index is 8.52. The molecule has 0 aliphatic rings. The van der Waals surface area contributed by atoms with E-state index in [0.717, 1.165) is 0 Å². The van der Waals surface area contributed by atoms with Crippen molar-refractivity contribution in [2.45, 2.75) is 0 Å². The van der Waals surface area contributed by atoms with Crippen LogP contribution in [0.2, 0.25) is 0 Å². The van der Waals surface area contributed by atoms with E-state index in [4.69, 9.17) is 17.5 Å². The smallest absolute Gasteiger partial charge is 0.0311 e. The molecule has 0 unspecified atom stereocenters. The summed E-state index contributed by atoms with van der Waals surface area (Å²) in [5.41, 5.74) is 0. The summed E-state index contributed by atoms with van der Waals surface area (Å²) in [6.07, 6.45) is 0. The van der Waals surface area contributed by atoms with Crippen LogP contribution in [0.1, 0.15) is 0 Å². The number of hydrogen-bond acceptors (Lipinski definition) is 4. The minimum absolute atomic E-state index is 0. The maximum Gasteiger partial charge on any atom is 0.0311 e. The normalized spacial score (nSPS) is 5.80. The standard InChI is InChI=1S/H2O4S.4H2O.Pu/c1-5(2,3)4;;;;;/h(H2,1,2,3,4);4*1H2;/p-2. The molecule has 0 aromatic rings. The van der Waals surface area contributed by atoms with Crippen LogP contribution < -0.4 is 0 Å². The Bertz CT molecular complexity index is 92.4. The van der Waals surface area contributed by atoms with Crippen LogP contribution in [0.4, 0.5) is 0 Å². The fraction of sp³-hybridized carbons (Fsp3) is 0. The molecule has 8 N–H and O–H groups in total. The average molecular weight is 412 g/mol. The monoisotopic (exact) mass is 406 g/mol. The van der Waals surface area contributed by atoms with Gasteiger partial charge in [0.15, 0.2) is 0 Å². The largest absolute Gasteiger partial charge is 0.759 e. The predicted molar refractivity (Wildman–Crippen MR) is 24.9 cm³/mol. The van der Waals surface area contributed by atoms with Crippen LogP contribution in [0, 0.1) is 29.2 Å². The van der Waals surface area contributed by atoms with E-state index >= 15 is 0 Å². The van der Waals surface area contributed by atoms with Crippen LogP contribution in [-0.2, 0) is 10.4 Å². The molecule has 0 aliphatic carbocycles. The first-order valence-electron chi connectivity index (χ1n) is 0.667. The number of rotatable bonds is 0. The Hall–Kier alpha value is 0.697. The van der Waals surface area contributed by atoms with E-state index in [9.17, 15) is 0 Å². The predicted octanol–water partition coefficient (Wildman–Crippen LogP) is -4.64. The molecule has 0 amide bonds. The van der Waals surface area contributed by atoms with Crippen LogP contribution >= 0.6 is 0 Å². The molecule has 0 spiro atoms. The molecule has 0 bridgehead atoms. The molecular weight excluding hydrogens is 404 g/mol.